The van der Waals surface area contributed by atoms with Crippen molar-refractivity contribution in [3.8, 4) is 0 Å². The molecule has 1 aromatic heterocycles. The predicted octanol–water partition coefficient (Wildman–Crippen LogP) is 1.71. The van der Waals surface area contributed by atoms with Gasteiger partial charge in [-0.25, -0.2) is 0 Å². The zero-order chi connectivity index (χ0) is 13.7. The van der Waals surface area contributed by atoms with E-state index in [2.05, 4.69) is 5.10 Å². The summed E-state index contributed by atoms with van der Waals surface area (Å²) >= 11 is 6.02. The molecule has 1 atom stereocenters. The van der Waals surface area contributed by atoms with E-state index in [9.17, 15) is 4.79 Å². The molecule has 1 aromatic rings. The number of nitrogens with zero attached hydrogens (tertiary/aromatic N) is 3. The van der Waals surface area contributed by atoms with Gasteiger partial charge >= 0.3 is 0 Å². The second-order valence-corrected chi connectivity index (χ2v) is 4.95. The van der Waals surface area contributed by atoms with Gasteiger partial charge in [0.25, 0.3) is 0 Å². The lowest BCUT2D eigenvalue weighted by Crippen LogP contribution is -2.22. The quantitative estimate of drug-likeness (QED) is 0.710. The topological polar surface area (TPSA) is 47.4 Å². The Balaban J connectivity index is 2.80. The van der Waals surface area contributed by atoms with Crippen LogP contribution in [0.25, 0.3) is 0 Å². The standard InChI is InChI=1S/C12H20ClN3O2/c1-9(18-4)7-11(17)12-10(13)8-14-16(12)6-5-15(2)3/h8-9H,5-7H2,1-4H3. The summed E-state index contributed by atoms with van der Waals surface area (Å²) in [6.07, 6.45) is 1.71. The molecule has 0 N–H and O–H groups in total. The number of ether oxygens (including phenoxy) is 1. The average molecular weight is 274 g/mol. The molecule has 0 saturated heterocycles. The number of carbonyl (C=O) groups excluding carboxylic acids is 1. The highest BCUT2D eigenvalue weighted by molar-refractivity contribution is 6.33. The molecule has 0 aliphatic carbocycles. The number of hydrogen-bond donors (Lipinski definition) is 0. The van der Waals surface area contributed by atoms with Gasteiger partial charge in [-0.05, 0) is 21.0 Å². The van der Waals surface area contributed by atoms with E-state index >= 15 is 0 Å². The van der Waals surface area contributed by atoms with Gasteiger partial charge in [0.2, 0.25) is 0 Å². The maximum absolute atomic E-state index is 12.1. The fraction of sp³-hybridized carbons (Fsp3) is 0.667. The minimum absolute atomic E-state index is 0.0365. The first kappa shape index (κ1) is 15.1. The van der Waals surface area contributed by atoms with E-state index in [1.807, 2.05) is 25.9 Å². The molecule has 0 amide bonds. The summed E-state index contributed by atoms with van der Waals surface area (Å²) in [7, 11) is 5.53. The number of ketones is 1. The maximum Gasteiger partial charge on any atom is 0.184 e. The first-order valence-corrected chi connectivity index (χ1v) is 6.25. The van der Waals surface area contributed by atoms with Crippen molar-refractivity contribution in [3.05, 3.63) is 16.9 Å². The number of hydrogen-bond acceptors (Lipinski definition) is 4. The molecular weight excluding hydrogens is 254 g/mol. The van der Waals surface area contributed by atoms with Crippen LogP contribution in [-0.2, 0) is 11.3 Å². The van der Waals surface area contributed by atoms with Crippen molar-refractivity contribution in [2.45, 2.75) is 26.0 Å². The number of halogens is 1. The minimum atomic E-state index is -0.120. The van der Waals surface area contributed by atoms with E-state index in [1.165, 1.54) is 6.20 Å². The third-order valence-corrected chi connectivity index (χ3v) is 2.97. The Bertz CT molecular complexity index is 404. The monoisotopic (exact) mass is 273 g/mol. The van der Waals surface area contributed by atoms with Crippen molar-refractivity contribution >= 4 is 17.4 Å². The summed E-state index contributed by atoms with van der Waals surface area (Å²) in [5.74, 6) is -0.0365. The molecule has 0 aliphatic rings. The van der Waals surface area contributed by atoms with Gasteiger partial charge in [-0.15, -0.1) is 0 Å². The van der Waals surface area contributed by atoms with Crippen LogP contribution in [-0.4, -0.2) is 54.3 Å². The van der Waals surface area contributed by atoms with Crippen LogP contribution in [0.5, 0.6) is 0 Å². The first-order chi connectivity index (χ1) is 8.45. The van der Waals surface area contributed by atoms with E-state index in [0.717, 1.165) is 6.54 Å². The van der Waals surface area contributed by atoms with Crippen LogP contribution in [0.15, 0.2) is 6.20 Å². The van der Waals surface area contributed by atoms with Crippen molar-refractivity contribution in [2.75, 3.05) is 27.7 Å². The van der Waals surface area contributed by atoms with E-state index in [-0.39, 0.29) is 11.9 Å². The highest BCUT2D eigenvalue weighted by atomic mass is 35.5. The van der Waals surface area contributed by atoms with Crippen molar-refractivity contribution in [1.82, 2.24) is 14.7 Å². The molecule has 0 aliphatic heterocycles. The minimum Gasteiger partial charge on any atom is -0.381 e. The molecule has 0 aromatic carbocycles. The summed E-state index contributed by atoms with van der Waals surface area (Å²) in [6, 6.07) is 0. The summed E-state index contributed by atoms with van der Waals surface area (Å²) in [5.41, 5.74) is 0.474. The Morgan fingerprint density at radius 2 is 2.28 bits per heavy atom. The second-order valence-electron chi connectivity index (χ2n) is 4.54. The predicted molar refractivity (Wildman–Crippen MR) is 71.2 cm³/mol. The van der Waals surface area contributed by atoms with Gasteiger partial charge in [0.1, 0.15) is 5.69 Å². The molecule has 0 spiro atoms. The number of Topliss-reactive ketones (excluding diaryl/α,β-unsaturated/α-hetero) is 1. The van der Waals surface area contributed by atoms with Crippen LogP contribution in [0, 0.1) is 0 Å². The lowest BCUT2D eigenvalue weighted by Gasteiger charge is -2.13. The molecular formula is C12H20ClN3O2. The zero-order valence-electron chi connectivity index (χ0n) is 11.3. The maximum atomic E-state index is 12.1. The fourth-order valence-electron chi connectivity index (χ4n) is 1.55. The van der Waals surface area contributed by atoms with Crippen LogP contribution in [0.4, 0.5) is 0 Å². The third-order valence-electron chi connectivity index (χ3n) is 2.69. The summed E-state index contributed by atoms with van der Waals surface area (Å²) in [6.45, 7) is 3.30. The summed E-state index contributed by atoms with van der Waals surface area (Å²) < 4.78 is 6.75. The zero-order valence-corrected chi connectivity index (χ0v) is 12.1. The van der Waals surface area contributed by atoms with Gasteiger partial charge in [0.15, 0.2) is 5.78 Å². The number of rotatable bonds is 7. The van der Waals surface area contributed by atoms with E-state index in [4.69, 9.17) is 16.3 Å². The van der Waals surface area contributed by atoms with E-state index in [0.29, 0.717) is 23.7 Å². The van der Waals surface area contributed by atoms with Crippen LogP contribution < -0.4 is 0 Å². The summed E-state index contributed by atoms with van der Waals surface area (Å²) in [4.78, 5) is 14.2. The Labute approximate surface area is 113 Å². The van der Waals surface area contributed by atoms with E-state index in [1.54, 1.807) is 11.8 Å². The van der Waals surface area contributed by atoms with Gasteiger partial charge in [-0.1, -0.05) is 11.6 Å². The third kappa shape index (κ3) is 4.08. The normalized spacial score (nSPS) is 13.0. The molecule has 18 heavy (non-hydrogen) atoms. The highest BCUT2D eigenvalue weighted by Gasteiger charge is 2.19. The Kier molecular flexibility index (Phi) is 5.78. The van der Waals surface area contributed by atoms with Gasteiger partial charge < -0.3 is 9.64 Å². The molecule has 0 bridgehead atoms. The van der Waals surface area contributed by atoms with Crippen molar-refractivity contribution in [1.29, 1.82) is 0 Å². The molecule has 0 radical (unpaired) electrons. The molecule has 6 heteroatoms. The molecule has 102 valence electrons. The van der Waals surface area contributed by atoms with Crippen molar-refractivity contribution < 1.29 is 9.53 Å². The molecule has 0 saturated carbocycles. The molecule has 0 fully saturated rings. The molecule has 1 rings (SSSR count). The van der Waals surface area contributed by atoms with Crippen molar-refractivity contribution in [2.24, 2.45) is 0 Å². The summed E-state index contributed by atoms with van der Waals surface area (Å²) in [5, 5.41) is 4.54. The smallest absolute Gasteiger partial charge is 0.184 e. The molecule has 1 unspecified atom stereocenters. The van der Waals surface area contributed by atoms with Gasteiger partial charge in [0, 0.05) is 20.1 Å². The van der Waals surface area contributed by atoms with Crippen LogP contribution in [0.3, 0.4) is 0 Å². The Morgan fingerprint density at radius 1 is 1.61 bits per heavy atom. The van der Waals surface area contributed by atoms with Crippen LogP contribution in [0.1, 0.15) is 23.8 Å². The lowest BCUT2D eigenvalue weighted by atomic mass is 10.1. The average Bonchev–Trinajstić information content (AvgIpc) is 2.67. The SMILES string of the molecule is COC(C)CC(=O)c1c(Cl)cnn1CCN(C)C. The Morgan fingerprint density at radius 3 is 2.83 bits per heavy atom. The molecule has 5 nitrogen and oxygen atoms in total. The second kappa shape index (κ2) is 6.87. The fourth-order valence-corrected chi connectivity index (χ4v) is 1.79. The van der Waals surface area contributed by atoms with Gasteiger partial charge in [-0.2, -0.15) is 5.10 Å². The van der Waals surface area contributed by atoms with Gasteiger partial charge in [-0.3, -0.25) is 9.48 Å². The number of aromatic nitrogens is 2. The van der Waals surface area contributed by atoms with Crippen LogP contribution in [0.2, 0.25) is 5.02 Å². The van der Waals surface area contributed by atoms with Gasteiger partial charge in [0.05, 0.1) is 23.9 Å². The number of carbonyl (C=O) groups is 1. The molecule has 1 heterocycles. The number of likely N-dealkylation sites (N-methyl/N-ethyl adjacent to an activating group) is 1. The highest BCUT2D eigenvalue weighted by Crippen LogP contribution is 2.18. The lowest BCUT2D eigenvalue weighted by molar-refractivity contribution is 0.0782. The number of methoxy groups -OCH3 is 1. The Hall–Kier alpha value is -0.910. The largest absolute Gasteiger partial charge is 0.381 e. The first-order valence-electron chi connectivity index (χ1n) is 5.87. The van der Waals surface area contributed by atoms with Crippen LogP contribution >= 0.6 is 11.6 Å². The van der Waals surface area contributed by atoms with E-state index < -0.39 is 0 Å². The van der Waals surface area contributed by atoms with Crippen molar-refractivity contribution in [3.63, 3.8) is 0 Å².